The second-order valence-corrected chi connectivity index (χ2v) is 5.12. The lowest BCUT2D eigenvalue weighted by Crippen LogP contribution is -2.43. The Morgan fingerprint density at radius 2 is 1.80 bits per heavy atom. The molecule has 0 aromatic heterocycles. The van der Waals surface area contributed by atoms with E-state index in [1.165, 1.54) is 7.05 Å². The van der Waals surface area contributed by atoms with Crippen LogP contribution in [0.3, 0.4) is 0 Å². The first-order valence-corrected chi connectivity index (χ1v) is 6.67. The number of rotatable bonds is 3. The highest BCUT2D eigenvalue weighted by Gasteiger charge is 2.20. The molecular weight excluding hydrogens is 264 g/mol. The summed E-state index contributed by atoms with van der Waals surface area (Å²) in [7, 11) is 3.46. The molecule has 1 aromatic carbocycles. The van der Waals surface area contributed by atoms with E-state index in [0.29, 0.717) is 0 Å². The van der Waals surface area contributed by atoms with E-state index in [2.05, 4.69) is 15.5 Å². The summed E-state index contributed by atoms with van der Waals surface area (Å²) in [6, 6.07) is 2.17. The van der Waals surface area contributed by atoms with Crippen molar-refractivity contribution in [3.8, 4) is 0 Å². The average Bonchev–Trinajstić information content (AvgIpc) is 2.41. The standard InChI is InChI=1S/C14H19F2N3O/c1-17-13-11(15)7-9(8-12(13)16)14(20)18-10-3-5-19(2)6-4-10/h7-8,10,17H,3-6H2,1-2H3,(H,18,20). The van der Waals surface area contributed by atoms with Gasteiger partial charge in [-0.2, -0.15) is 0 Å². The molecule has 2 N–H and O–H groups in total. The number of benzene rings is 1. The highest BCUT2D eigenvalue weighted by Crippen LogP contribution is 2.20. The number of hydrogen-bond donors (Lipinski definition) is 2. The van der Waals surface area contributed by atoms with Crippen LogP contribution < -0.4 is 10.6 Å². The summed E-state index contributed by atoms with van der Waals surface area (Å²) in [5.74, 6) is -1.96. The maximum absolute atomic E-state index is 13.6. The van der Waals surface area contributed by atoms with Gasteiger partial charge in [0.15, 0.2) is 0 Å². The van der Waals surface area contributed by atoms with Gasteiger partial charge in [0.05, 0.1) is 0 Å². The Kier molecular flexibility index (Phi) is 4.54. The molecule has 20 heavy (non-hydrogen) atoms. The van der Waals surface area contributed by atoms with Crippen molar-refractivity contribution in [3.63, 3.8) is 0 Å². The summed E-state index contributed by atoms with van der Waals surface area (Å²) in [6.45, 7) is 1.82. The van der Waals surface area contributed by atoms with Crippen LogP contribution >= 0.6 is 0 Å². The van der Waals surface area contributed by atoms with E-state index in [-0.39, 0.29) is 17.3 Å². The topological polar surface area (TPSA) is 44.4 Å². The van der Waals surface area contributed by atoms with Gasteiger partial charge in [-0.15, -0.1) is 0 Å². The molecule has 6 heteroatoms. The van der Waals surface area contributed by atoms with Gasteiger partial charge < -0.3 is 15.5 Å². The third kappa shape index (κ3) is 3.25. The second-order valence-electron chi connectivity index (χ2n) is 5.12. The Morgan fingerprint density at radius 3 is 2.30 bits per heavy atom. The van der Waals surface area contributed by atoms with Crippen LogP contribution in [0.15, 0.2) is 12.1 Å². The third-order valence-electron chi connectivity index (χ3n) is 3.61. The smallest absolute Gasteiger partial charge is 0.251 e. The van der Waals surface area contributed by atoms with Crippen LogP contribution in [-0.2, 0) is 0 Å². The number of carbonyl (C=O) groups excluding carboxylic acids is 1. The Labute approximate surface area is 117 Å². The number of anilines is 1. The van der Waals surface area contributed by atoms with E-state index in [0.717, 1.165) is 38.1 Å². The number of likely N-dealkylation sites (tertiary alicyclic amines) is 1. The van der Waals surface area contributed by atoms with Crippen molar-refractivity contribution in [2.24, 2.45) is 0 Å². The molecule has 1 saturated heterocycles. The lowest BCUT2D eigenvalue weighted by molar-refractivity contribution is 0.0916. The largest absolute Gasteiger partial charge is 0.383 e. The van der Waals surface area contributed by atoms with Crippen LogP contribution in [0, 0.1) is 11.6 Å². The van der Waals surface area contributed by atoms with E-state index in [1.54, 1.807) is 0 Å². The van der Waals surface area contributed by atoms with Gasteiger partial charge in [-0.1, -0.05) is 0 Å². The Balaban J connectivity index is 2.06. The molecule has 4 nitrogen and oxygen atoms in total. The molecule has 0 unspecified atom stereocenters. The molecular formula is C14H19F2N3O. The van der Waals surface area contributed by atoms with Gasteiger partial charge >= 0.3 is 0 Å². The zero-order valence-electron chi connectivity index (χ0n) is 11.7. The first-order valence-electron chi connectivity index (χ1n) is 6.67. The molecule has 0 saturated carbocycles. The minimum atomic E-state index is -0.763. The number of piperidine rings is 1. The first-order chi connectivity index (χ1) is 9.51. The van der Waals surface area contributed by atoms with Crippen molar-refractivity contribution in [3.05, 3.63) is 29.3 Å². The number of halogens is 2. The molecule has 0 radical (unpaired) electrons. The second kappa shape index (κ2) is 6.17. The fourth-order valence-electron chi connectivity index (χ4n) is 2.36. The Morgan fingerprint density at radius 1 is 1.25 bits per heavy atom. The normalized spacial score (nSPS) is 17.0. The molecule has 1 aliphatic heterocycles. The zero-order valence-corrected chi connectivity index (χ0v) is 11.7. The Bertz CT molecular complexity index is 476. The van der Waals surface area contributed by atoms with Gasteiger partial charge in [-0.25, -0.2) is 8.78 Å². The number of nitrogens with zero attached hydrogens (tertiary/aromatic N) is 1. The van der Waals surface area contributed by atoms with Crippen LogP contribution in [0.2, 0.25) is 0 Å². The SMILES string of the molecule is CNc1c(F)cc(C(=O)NC2CCN(C)CC2)cc1F. The molecule has 2 rings (SSSR count). The highest BCUT2D eigenvalue weighted by molar-refractivity contribution is 5.94. The molecule has 1 fully saturated rings. The number of amides is 1. The summed E-state index contributed by atoms with van der Waals surface area (Å²) < 4.78 is 27.2. The van der Waals surface area contributed by atoms with Gasteiger partial charge in [-0.05, 0) is 45.1 Å². The molecule has 110 valence electrons. The molecule has 0 aliphatic carbocycles. The molecule has 0 atom stereocenters. The summed E-state index contributed by atoms with van der Waals surface area (Å²) in [6.07, 6.45) is 1.70. The highest BCUT2D eigenvalue weighted by atomic mass is 19.1. The van der Waals surface area contributed by atoms with Gasteiger partial charge in [-0.3, -0.25) is 4.79 Å². The minimum Gasteiger partial charge on any atom is -0.383 e. The third-order valence-corrected chi connectivity index (χ3v) is 3.61. The molecule has 1 heterocycles. The zero-order chi connectivity index (χ0) is 14.7. The summed E-state index contributed by atoms with van der Waals surface area (Å²) >= 11 is 0. The number of hydrogen-bond acceptors (Lipinski definition) is 3. The maximum Gasteiger partial charge on any atom is 0.251 e. The monoisotopic (exact) mass is 283 g/mol. The van der Waals surface area contributed by atoms with Crippen LogP contribution in [0.1, 0.15) is 23.2 Å². The van der Waals surface area contributed by atoms with Crippen LogP contribution in [-0.4, -0.2) is 44.0 Å². The average molecular weight is 283 g/mol. The molecule has 0 spiro atoms. The van der Waals surface area contributed by atoms with Crippen molar-refractivity contribution in [1.29, 1.82) is 0 Å². The fraction of sp³-hybridized carbons (Fsp3) is 0.500. The summed E-state index contributed by atoms with van der Waals surface area (Å²) in [4.78, 5) is 14.2. The number of carbonyl (C=O) groups is 1. The fourth-order valence-corrected chi connectivity index (χ4v) is 2.36. The van der Waals surface area contributed by atoms with Gasteiger partial charge in [0.2, 0.25) is 0 Å². The predicted molar refractivity (Wildman–Crippen MR) is 73.9 cm³/mol. The van der Waals surface area contributed by atoms with Crippen molar-refractivity contribution in [2.75, 3.05) is 32.5 Å². The van der Waals surface area contributed by atoms with Crippen LogP contribution in [0.4, 0.5) is 14.5 Å². The van der Waals surface area contributed by atoms with E-state index in [1.807, 2.05) is 7.05 Å². The first kappa shape index (κ1) is 14.7. The Hall–Kier alpha value is -1.69. The van der Waals surface area contributed by atoms with E-state index in [4.69, 9.17) is 0 Å². The quantitative estimate of drug-likeness (QED) is 0.889. The van der Waals surface area contributed by atoms with E-state index >= 15 is 0 Å². The van der Waals surface area contributed by atoms with Gasteiger partial charge in [0, 0.05) is 18.7 Å². The minimum absolute atomic E-state index is 0.0120. The number of nitrogens with one attached hydrogen (secondary N) is 2. The molecule has 1 aliphatic rings. The lowest BCUT2D eigenvalue weighted by atomic mass is 10.0. The van der Waals surface area contributed by atoms with Crippen LogP contribution in [0.25, 0.3) is 0 Å². The summed E-state index contributed by atoms with van der Waals surface area (Å²) in [5, 5.41) is 5.26. The predicted octanol–water partition coefficient (Wildman–Crippen LogP) is 1.83. The lowest BCUT2D eigenvalue weighted by Gasteiger charge is -2.29. The molecule has 0 bridgehead atoms. The van der Waals surface area contributed by atoms with Crippen molar-refractivity contribution < 1.29 is 13.6 Å². The summed E-state index contributed by atoms with van der Waals surface area (Å²) in [5.41, 5.74) is -0.209. The molecule has 1 amide bonds. The van der Waals surface area contributed by atoms with E-state index in [9.17, 15) is 13.6 Å². The van der Waals surface area contributed by atoms with Gasteiger partial charge in [0.1, 0.15) is 17.3 Å². The van der Waals surface area contributed by atoms with Crippen LogP contribution in [0.5, 0.6) is 0 Å². The maximum atomic E-state index is 13.6. The van der Waals surface area contributed by atoms with Gasteiger partial charge in [0.25, 0.3) is 5.91 Å². The van der Waals surface area contributed by atoms with Crippen molar-refractivity contribution in [2.45, 2.75) is 18.9 Å². The molecule has 1 aromatic rings. The van der Waals surface area contributed by atoms with Crippen molar-refractivity contribution >= 4 is 11.6 Å². The van der Waals surface area contributed by atoms with E-state index < -0.39 is 17.5 Å². The van der Waals surface area contributed by atoms with Crippen molar-refractivity contribution in [1.82, 2.24) is 10.2 Å².